The molecule has 1 N–H and O–H groups in total. The van der Waals surface area contributed by atoms with Crippen LogP contribution in [0.1, 0.15) is 46.0 Å². The molecular weight excluding hydrogens is 184 g/mol. The molecular formula is C13H28N2. The number of hydrogen-bond donors (Lipinski definition) is 1. The van der Waals surface area contributed by atoms with Gasteiger partial charge in [0.05, 0.1) is 0 Å². The van der Waals surface area contributed by atoms with E-state index >= 15 is 0 Å². The Labute approximate surface area is 95.4 Å². The molecule has 0 unspecified atom stereocenters. The summed E-state index contributed by atoms with van der Waals surface area (Å²) in [6, 6.07) is 0. The molecule has 1 aliphatic carbocycles. The first-order valence-corrected chi connectivity index (χ1v) is 6.88. The van der Waals surface area contributed by atoms with Gasteiger partial charge in [-0.25, -0.2) is 0 Å². The van der Waals surface area contributed by atoms with Crippen LogP contribution in [-0.2, 0) is 0 Å². The molecule has 0 aromatic rings. The molecule has 0 bridgehead atoms. The molecule has 2 heteroatoms. The van der Waals surface area contributed by atoms with Crippen LogP contribution in [-0.4, -0.2) is 37.6 Å². The van der Waals surface area contributed by atoms with Crippen molar-refractivity contribution in [3.8, 4) is 0 Å². The molecule has 0 amide bonds. The lowest BCUT2D eigenvalue weighted by molar-refractivity contribution is 0.182. The van der Waals surface area contributed by atoms with Crippen molar-refractivity contribution in [2.45, 2.75) is 46.0 Å². The highest BCUT2D eigenvalue weighted by molar-refractivity contribution is 4.73. The molecule has 1 aliphatic heterocycles. The first-order chi connectivity index (χ1) is 7.45. The first-order valence-electron chi connectivity index (χ1n) is 6.88. The summed E-state index contributed by atoms with van der Waals surface area (Å²) < 4.78 is 0. The van der Waals surface area contributed by atoms with Crippen LogP contribution in [0, 0.1) is 5.92 Å². The van der Waals surface area contributed by atoms with Gasteiger partial charge in [0.15, 0.2) is 0 Å². The van der Waals surface area contributed by atoms with Gasteiger partial charge in [0.2, 0.25) is 0 Å². The summed E-state index contributed by atoms with van der Waals surface area (Å²) in [4.78, 5) is 2.65. The number of nitrogens with one attached hydrogen (secondary N) is 1. The van der Waals surface area contributed by atoms with Crippen molar-refractivity contribution in [1.29, 1.82) is 0 Å². The topological polar surface area (TPSA) is 15.3 Å². The zero-order valence-electron chi connectivity index (χ0n) is 10.6. The van der Waals surface area contributed by atoms with Gasteiger partial charge in [-0.15, -0.1) is 0 Å². The Balaban J connectivity index is 0.000000531. The maximum absolute atomic E-state index is 3.41. The third-order valence-electron chi connectivity index (χ3n) is 3.45. The van der Waals surface area contributed by atoms with Crippen molar-refractivity contribution in [3.05, 3.63) is 0 Å². The van der Waals surface area contributed by atoms with E-state index in [1.165, 1.54) is 64.8 Å². The lowest BCUT2D eigenvalue weighted by Gasteiger charge is -2.32. The molecule has 2 rings (SSSR count). The average Bonchev–Trinajstić information content (AvgIpc) is 2.34. The number of nitrogens with zero attached hydrogens (tertiary/aromatic N) is 1. The van der Waals surface area contributed by atoms with E-state index in [1.54, 1.807) is 0 Å². The summed E-state index contributed by atoms with van der Waals surface area (Å²) in [7, 11) is 0. The Morgan fingerprint density at radius 3 is 2.20 bits per heavy atom. The van der Waals surface area contributed by atoms with Crippen LogP contribution in [0.4, 0.5) is 0 Å². The Bertz CT molecular complexity index is 119. The zero-order valence-corrected chi connectivity index (χ0v) is 10.6. The van der Waals surface area contributed by atoms with E-state index in [9.17, 15) is 0 Å². The number of hydrogen-bond acceptors (Lipinski definition) is 2. The smallest absolute Gasteiger partial charge is 0.0107 e. The Morgan fingerprint density at radius 1 is 1.00 bits per heavy atom. The summed E-state index contributed by atoms with van der Waals surface area (Å²) in [5, 5.41) is 3.41. The molecule has 2 aliphatic rings. The van der Waals surface area contributed by atoms with Gasteiger partial charge in [-0.2, -0.15) is 0 Å². The van der Waals surface area contributed by atoms with Crippen LogP contribution in [0.25, 0.3) is 0 Å². The second-order valence-corrected chi connectivity index (χ2v) is 4.55. The minimum absolute atomic E-state index is 1.02. The minimum Gasteiger partial charge on any atom is -0.314 e. The third kappa shape index (κ3) is 4.98. The summed E-state index contributed by atoms with van der Waals surface area (Å²) in [5.74, 6) is 1.02. The van der Waals surface area contributed by atoms with Gasteiger partial charge in [0, 0.05) is 32.7 Å². The van der Waals surface area contributed by atoms with Crippen LogP contribution >= 0.6 is 0 Å². The van der Waals surface area contributed by atoms with Crippen LogP contribution in [0.3, 0.4) is 0 Å². The maximum atomic E-state index is 3.41. The molecule has 0 radical (unpaired) electrons. The fraction of sp³-hybridized carbons (Fsp3) is 1.00. The van der Waals surface area contributed by atoms with Crippen LogP contribution in [0.5, 0.6) is 0 Å². The Morgan fingerprint density at radius 2 is 1.60 bits per heavy atom. The average molecular weight is 212 g/mol. The molecule has 1 saturated heterocycles. The minimum atomic E-state index is 1.02. The molecule has 0 aromatic carbocycles. The molecule has 90 valence electrons. The summed E-state index contributed by atoms with van der Waals surface area (Å²) in [6.07, 6.45) is 7.43. The van der Waals surface area contributed by atoms with Gasteiger partial charge >= 0.3 is 0 Å². The predicted molar refractivity (Wildman–Crippen MR) is 67.2 cm³/mol. The second kappa shape index (κ2) is 8.12. The van der Waals surface area contributed by atoms with Crippen molar-refractivity contribution in [1.82, 2.24) is 10.2 Å². The van der Waals surface area contributed by atoms with Crippen molar-refractivity contribution < 1.29 is 0 Å². The first kappa shape index (κ1) is 13.0. The lowest BCUT2D eigenvalue weighted by atomic mass is 9.89. The lowest BCUT2D eigenvalue weighted by Crippen LogP contribution is -2.45. The summed E-state index contributed by atoms with van der Waals surface area (Å²) in [5.41, 5.74) is 0. The van der Waals surface area contributed by atoms with Gasteiger partial charge in [-0.3, -0.25) is 0 Å². The molecule has 0 aromatic heterocycles. The van der Waals surface area contributed by atoms with E-state index in [0.29, 0.717) is 0 Å². The quantitative estimate of drug-likeness (QED) is 0.756. The SMILES string of the molecule is C1CCC(CN2CCNCC2)CC1.CC. The largest absolute Gasteiger partial charge is 0.314 e. The number of rotatable bonds is 2. The van der Waals surface area contributed by atoms with Crippen LogP contribution in [0.2, 0.25) is 0 Å². The normalized spacial score (nSPS) is 24.4. The van der Waals surface area contributed by atoms with Crippen LogP contribution < -0.4 is 5.32 Å². The zero-order chi connectivity index (χ0) is 10.9. The maximum Gasteiger partial charge on any atom is 0.0107 e. The fourth-order valence-corrected chi connectivity index (χ4v) is 2.63. The fourth-order valence-electron chi connectivity index (χ4n) is 2.63. The van der Waals surface area contributed by atoms with E-state index in [0.717, 1.165) is 5.92 Å². The highest BCUT2D eigenvalue weighted by atomic mass is 15.2. The standard InChI is InChI=1S/C11H22N2.C2H6/c1-2-4-11(5-3-1)10-13-8-6-12-7-9-13;1-2/h11-12H,1-10H2;1-2H3. The molecule has 2 nitrogen and oxygen atoms in total. The van der Waals surface area contributed by atoms with E-state index in [4.69, 9.17) is 0 Å². The van der Waals surface area contributed by atoms with Gasteiger partial charge in [-0.1, -0.05) is 33.1 Å². The van der Waals surface area contributed by atoms with Crippen molar-refractivity contribution >= 4 is 0 Å². The third-order valence-corrected chi connectivity index (χ3v) is 3.45. The summed E-state index contributed by atoms with van der Waals surface area (Å²) >= 11 is 0. The van der Waals surface area contributed by atoms with Crippen molar-refractivity contribution in [3.63, 3.8) is 0 Å². The van der Waals surface area contributed by atoms with Gasteiger partial charge in [0.1, 0.15) is 0 Å². The van der Waals surface area contributed by atoms with Crippen molar-refractivity contribution in [2.24, 2.45) is 5.92 Å². The Hall–Kier alpha value is -0.0800. The monoisotopic (exact) mass is 212 g/mol. The van der Waals surface area contributed by atoms with E-state index < -0.39 is 0 Å². The Kier molecular flexibility index (Phi) is 7.03. The van der Waals surface area contributed by atoms with E-state index in [1.807, 2.05) is 13.8 Å². The second-order valence-electron chi connectivity index (χ2n) is 4.55. The van der Waals surface area contributed by atoms with Crippen molar-refractivity contribution in [2.75, 3.05) is 32.7 Å². The van der Waals surface area contributed by atoms with Crippen LogP contribution in [0.15, 0.2) is 0 Å². The summed E-state index contributed by atoms with van der Waals surface area (Å²) in [6.45, 7) is 10.3. The molecule has 0 atom stereocenters. The molecule has 1 saturated carbocycles. The number of piperazine rings is 1. The molecule has 1 heterocycles. The van der Waals surface area contributed by atoms with Gasteiger partial charge in [-0.05, 0) is 18.8 Å². The van der Waals surface area contributed by atoms with E-state index in [-0.39, 0.29) is 0 Å². The van der Waals surface area contributed by atoms with Gasteiger partial charge < -0.3 is 10.2 Å². The molecule has 2 fully saturated rings. The highest BCUT2D eigenvalue weighted by Crippen LogP contribution is 2.24. The highest BCUT2D eigenvalue weighted by Gasteiger charge is 2.17. The molecule has 0 spiro atoms. The molecule has 15 heavy (non-hydrogen) atoms. The predicted octanol–water partition coefficient (Wildman–Crippen LogP) is 2.50. The van der Waals surface area contributed by atoms with Gasteiger partial charge in [0.25, 0.3) is 0 Å². The van der Waals surface area contributed by atoms with E-state index in [2.05, 4.69) is 10.2 Å².